The standard InChI is InChI=1S/C17H26N2O2/c1-16(2)14(10-17(16,3)21-5)19(4)15(20)13-8-6-12(11-18)7-9-13/h6-9,14H,10-11,18H2,1-5H3. The summed E-state index contributed by atoms with van der Waals surface area (Å²) in [5.74, 6) is 0.0507. The molecule has 21 heavy (non-hydrogen) atoms. The first-order valence-electron chi connectivity index (χ1n) is 7.38. The molecule has 1 amide bonds. The van der Waals surface area contributed by atoms with Gasteiger partial charge in [0.1, 0.15) is 0 Å². The molecule has 1 saturated carbocycles. The SMILES string of the molecule is COC1(C)CC(N(C)C(=O)c2ccc(CN)cc2)C1(C)C. The van der Waals surface area contributed by atoms with Crippen LogP contribution in [0.25, 0.3) is 0 Å². The molecular weight excluding hydrogens is 264 g/mol. The molecule has 1 aliphatic carbocycles. The van der Waals surface area contributed by atoms with Crippen molar-refractivity contribution < 1.29 is 9.53 Å². The van der Waals surface area contributed by atoms with E-state index < -0.39 is 0 Å². The van der Waals surface area contributed by atoms with Crippen molar-refractivity contribution in [2.75, 3.05) is 14.2 Å². The number of methoxy groups -OCH3 is 1. The molecule has 2 atom stereocenters. The number of carbonyl (C=O) groups is 1. The Labute approximate surface area is 127 Å². The van der Waals surface area contributed by atoms with Crippen LogP contribution in [-0.2, 0) is 11.3 Å². The maximum Gasteiger partial charge on any atom is 0.253 e. The van der Waals surface area contributed by atoms with Gasteiger partial charge in [-0.3, -0.25) is 4.79 Å². The van der Waals surface area contributed by atoms with Crippen LogP contribution in [0, 0.1) is 5.41 Å². The minimum atomic E-state index is -0.171. The molecule has 0 saturated heterocycles. The van der Waals surface area contributed by atoms with Crippen molar-refractivity contribution in [3.63, 3.8) is 0 Å². The minimum absolute atomic E-state index is 0.0507. The zero-order valence-electron chi connectivity index (χ0n) is 13.6. The maximum atomic E-state index is 12.6. The summed E-state index contributed by atoms with van der Waals surface area (Å²) in [5.41, 5.74) is 7.09. The van der Waals surface area contributed by atoms with Gasteiger partial charge in [-0.25, -0.2) is 0 Å². The van der Waals surface area contributed by atoms with Gasteiger partial charge in [0.15, 0.2) is 0 Å². The van der Waals surface area contributed by atoms with Gasteiger partial charge in [0, 0.05) is 37.7 Å². The monoisotopic (exact) mass is 290 g/mol. The van der Waals surface area contributed by atoms with Gasteiger partial charge in [-0.2, -0.15) is 0 Å². The van der Waals surface area contributed by atoms with Gasteiger partial charge in [0.2, 0.25) is 0 Å². The zero-order valence-corrected chi connectivity index (χ0v) is 13.6. The molecule has 0 spiro atoms. The van der Waals surface area contributed by atoms with Gasteiger partial charge in [0.25, 0.3) is 5.91 Å². The number of nitrogens with zero attached hydrogens (tertiary/aromatic N) is 1. The quantitative estimate of drug-likeness (QED) is 0.926. The number of rotatable bonds is 4. The third kappa shape index (κ3) is 2.47. The van der Waals surface area contributed by atoms with E-state index in [9.17, 15) is 4.79 Å². The molecule has 1 aromatic rings. The van der Waals surface area contributed by atoms with E-state index in [-0.39, 0.29) is 23.0 Å². The molecule has 2 N–H and O–H groups in total. The van der Waals surface area contributed by atoms with Crippen molar-refractivity contribution in [1.82, 2.24) is 4.90 Å². The highest BCUT2D eigenvalue weighted by Crippen LogP contribution is 2.53. The van der Waals surface area contributed by atoms with E-state index in [1.165, 1.54) is 0 Å². The Balaban J connectivity index is 2.13. The Kier molecular flexibility index (Phi) is 4.13. The second kappa shape index (κ2) is 5.43. The highest BCUT2D eigenvalue weighted by Gasteiger charge is 2.59. The average molecular weight is 290 g/mol. The highest BCUT2D eigenvalue weighted by atomic mass is 16.5. The van der Waals surface area contributed by atoms with E-state index in [0.29, 0.717) is 12.1 Å². The fourth-order valence-electron chi connectivity index (χ4n) is 3.20. The van der Waals surface area contributed by atoms with E-state index in [1.54, 1.807) is 7.11 Å². The summed E-state index contributed by atoms with van der Waals surface area (Å²) in [6.45, 7) is 6.92. The maximum absolute atomic E-state index is 12.6. The van der Waals surface area contributed by atoms with Crippen LogP contribution in [0.5, 0.6) is 0 Å². The number of nitrogens with two attached hydrogens (primary N) is 1. The molecule has 4 heteroatoms. The van der Waals surface area contributed by atoms with Crippen molar-refractivity contribution in [2.24, 2.45) is 11.1 Å². The molecule has 4 nitrogen and oxygen atoms in total. The number of amides is 1. The number of benzene rings is 1. The lowest BCUT2D eigenvalue weighted by atomic mass is 9.55. The van der Waals surface area contributed by atoms with Crippen molar-refractivity contribution in [1.29, 1.82) is 0 Å². The van der Waals surface area contributed by atoms with Crippen LogP contribution in [0.4, 0.5) is 0 Å². The Morgan fingerprint density at radius 3 is 2.33 bits per heavy atom. The Morgan fingerprint density at radius 1 is 1.33 bits per heavy atom. The fraction of sp³-hybridized carbons (Fsp3) is 0.588. The highest BCUT2D eigenvalue weighted by molar-refractivity contribution is 5.94. The molecule has 1 aliphatic rings. The van der Waals surface area contributed by atoms with E-state index in [2.05, 4.69) is 20.8 Å². The van der Waals surface area contributed by atoms with Gasteiger partial charge in [-0.05, 0) is 31.0 Å². The first-order valence-corrected chi connectivity index (χ1v) is 7.38. The molecule has 0 aliphatic heterocycles. The fourth-order valence-corrected chi connectivity index (χ4v) is 3.20. The van der Waals surface area contributed by atoms with E-state index in [4.69, 9.17) is 10.5 Å². The summed E-state index contributed by atoms with van der Waals surface area (Å²) in [7, 11) is 3.62. The van der Waals surface area contributed by atoms with Crippen molar-refractivity contribution >= 4 is 5.91 Å². The van der Waals surface area contributed by atoms with E-state index in [0.717, 1.165) is 12.0 Å². The van der Waals surface area contributed by atoms with Crippen LogP contribution in [0.15, 0.2) is 24.3 Å². The summed E-state index contributed by atoms with van der Waals surface area (Å²) in [6, 6.07) is 7.70. The summed E-state index contributed by atoms with van der Waals surface area (Å²) in [4.78, 5) is 14.5. The summed E-state index contributed by atoms with van der Waals surface area (Å²) in [6.07, 6.45) is 0.861. The molecule has 116 valence electrons. The molecule has 0 bridgehead atoms. The second-order valence-corrected chi connectivity index (χ2v) is 6.69. The van der Waals surface area contributed by atoms with Crippen LogP contribution < -0.4 is 5.73 Å². The predicted octanol–water partition coefficient (Wildman–Crippen LogP) is 2.42. The average Bonchev–Trinajstić information content (AvgIpc) is 2.50. The first kappa shape index (κ1) is 16.0. The topological polar surface area (TPSA) is 55.6 Å². The molecule has 0 heterocycles. The Bertz CT molecular complexity index is 524. The third-order valence-corrected chi connectivity index (χ3v) is 5.45. The van der Waals surface area contributed by atoms with Crippen molar-refractivity contribution in [3.05, 3.63) is 35.4 Å². The lowest BCUT2D eigenvalue weighted by molar-refractivity contribution is -0.198. The van der Waals surface area contributed by atoms with E-state index in [1.807, 2.05) is 36.2 Å². The molecule has 0 radical (unpaired) electrons. The Hall–Kier alpha value is -1.39. The van der Waals surface area contributed by atoms with Gasteiger partial charge in [-0.1, -0.05) is 26.0 Å². The summed E-state index contributed by atoms with van der Waals surface area (Å²) in [5, 5.41) is 0. The zero-order chi connectivity index (χ0) is 15.8. The van der Waals surface area contributed by atoms with Crippen LogP contribution in [0.1, 0.15) is 43.1 Å². The normalized spacial score (nSPS) is 27.0. The van der Waals surface area contributed by atoms with Gasteiger partial charge in [-0.15, -0.1) is 0 Å². The van der Waals surface area contributed by atoms with Crippen LogP contribution in [0.3, 0.4) is 0 Å². The second-order valence-electron chi connectivity index (χ2n) is 6.69. The van der Waals surface area contributed by atoms with Crippen LogP contribution in [0.2, 0.25) is 0 Å². The molecule has 1 fully saturated rings. The number of hydrogen-bond donors (Lipinski definition) is 1. The van der Waals surface area contributed by atoms with Crippen molar-refractivity contribution in [2.45, 2.75) is 45.4 Å². The number of carbonyl (C=O) groups excluding carboxylic acids is 1. The Morgan fingerprint density at radius 2 is 1.90 bits per heavy atom. The lowest BCUT2D eigenvalue weighted by Crippen LogP contribution is -2.68. The lowest BCUT2D eigenvalue weighted by Gasteiger charge is -2.61. The number of hydrogen-bond acceptors (Lipinski definition) is 3. The smallest absolute Gasteiger partial charge is 0.253 e. The van der Waals surface area contributed by atoms with Gasteiger partial charge in [0.05, 0.1) is 5.60 Å². The number of ether oxygens (including phenoxy) is 1. The summed E-state index contributed by atoms with van der Waals surface area (Å²) >= 11 is 0. The molecule has 0 aromatic heterocycles. The molecular formula is C17H26N2O2. The molecule has 2 rings (SSSR count). The van der Waals surface area contributed by atoms with Crippen LogP contribution >= 0.6 is 0 Å². The third-order valence-electron chi connectivity index (χ3n) is 5.45. The minimum Gasteiger partial charge on any atom is -0.378 e. The van der Waals surface area contributed by atoms with Crippen molar-refractivity contribution in [3.8, 4) is 0 Å². The molecule has 2 unspecified atom stereocenters. The molecule has 1 aromatic carbocycles. The van der Waals surface area contributed by atoms with Gasteiger partial charge >= 0.3 is 0 Å². The summed E-state index contributed by atoms with van der Waals surface area (Å²) < 4.78 is 5.63. The van der Waals surface area contributed by atoms with Gasteiger partial charge < -0.3 is 15.4 Å². The first-order chi connectivity index (χ1) is 9.76. The predicted molar refractivity (Wildman–Crippen MR) is 84.0 cm³/mol. The van der Waals surface area contributed by atoms with Crippen LogP contribution in [-0.4, -0.2) is 36.6 Å². The largest absolute Gasteiger partial charge is 0.378 e. The van der Waals surface area contributed by atoms with E-state index >= 15 is 0 Å².